The van der Waals surface area contributed by atoms with Crippen molar-refractivity contribution in [2.24, 2.45) is 5.73 Å². The fraction of sp³-hybridized carbons (Fsp3) is 0.143. The molecule has 0 bridgehead atoms. The van der Waals surface area contributed by atoms with Gasteiger partial charge < -0.3 is 11.1 Å². The van der Waals surface area contributed by atoms with Gasteiger partial charge in [0.15, 0.2) is 0 Å². The third-order valence-corrected chi connectivity index (χ3v) is 2.92. The zero-order valence-corrected chi connectivity index (χ0v) is 11.0. The Morgan fingerprint density at radius 3 is 2.58 bits per heavy atom. The van der Waals surface area contributed by atoms with E-state index in [4.69, 9.17) is 17.3 Å². The van der Waals surface area contributed by atoms with Gasteiger partial charge in [-0.2, -0.15) is 0 Å². The van der Waals surface area contributed by atoms with Crippen molar-refractivity contribution in [2.45, 2.75) is 13.0 Å². The molecule has 0 saturated carbocycles. The Morgan fingerprint density at radius 1 is 1.21 bits per heavy atom. The Morgan fingerprint density at radius 2 is 1.95 bits per heavy atom. The van der Waals surface area contributed by atoms with Gasteiger partial charge in [-0.1, -0.05) is 35.9 Å². The summed E-state index contributed by atoms with van der Waals surface area (Å²) >= 11 is 5.68. The zero-order valence-electron chi connectivity index (χ0n) is 10.3. The maximum absolute atomic E-state index is 11.9. The molecule has 1 aromatic heterocycles. The van der Waals surface area contributed by atoms with E-state index in [1.54, 1.807) is 12.1 Å². The minimum Gasteiger partial charge on any atom is -0.326 e. The molecule has 0 fully saturated rings. The summed E-state index contributed by atoms with van der Waals surface area (Å²) in [4.78, 5) is 15.8. The van der Waals surface area contributed by atoms with E-state index in [2.05, 4.69) is 10.3 Å². The number of pyridine rings is 1. The standard InChI is InChI=1S/C14H14ClN3O/c15-13-6-5-12(9-17-13)18-14(19)7-10-3-1-2-4-11(10)8-16/h1-6,9H,7-8,16H2,(H,18,19). The van der Waals surface area contributed by atoms with Crippen molar-refractivity contribution in [1.82, 2.24) is 4.98 Å². The highest BCUT2D eigenvalue weighted by atomic mass is 35.5. The van der Waals surface area contributed by atoms with Crippen LogP contribution in [0.25, 0.3) is 0 Å². The first-order valence-electron chi connectivity index (χ1n) is 5.87. The first kappa shape index (κ1) is 13.5. The summed E-state index contributed by atoms with van der Waals surface area (Å²) in [5.74, 6) is -0.106. The Hall–Kier alpha value is -1.91. The third-order valence-electron chi connectivity index (χ3n) is 2.70. The van der Waals surface area contributed by atoms with Gasteiger partial charge in [-0.05, 0) is 23.3 Å². The Bertz CT molecular complexity index is 569. The van der Waals surface area contributed by atoms with E-state index in [0.29, 0.717) is 17.4 Å². The molecule has 98 valence electrons. The number of nitrogens with two attached hydrogens (primary N) is 1. The Balaban J connectivity index is 2.03. The molecule has 19 heavy (non-hydrogen) atoms. The van der Waals surface area contributed by atoms with E-state index in [-0.39, 0.29) is 12.3 Å². The van der Waals surface area contributed by atoms with Crippen LogP contribution in [0.2, 0.25) is 5.15 Å². The number of benzene rings is 1. The number of hydrogen-bond acceptors (Lipinski definition) is 3. The number of nitrogens with zero attached hydrogens (tertiary/aromatic N) is 1. The van der Waals surface area contributed by atoms with Crippen LogP contribution in [0.4, 0.5) is 5.69 Å². The lowest BCUT2D eigenvalue weighted by atomic mass is 10.0. The molecular weight excluding hydrogens is 262 g/mol. The van der Waals surface area contributed by atoms with E-state index in [9.17, 15) is 4.79 Å². The van der Waals surface area contributed by atoms with Crippen molar-refractivity contribution in [3.05, 3.63) is 58.9 Å². The molecule has 5 heteroatoms. The molecule has 0 aliphatic carbocycles. The lowest BCUT2D eigenvalue weighted by Gasteiger charge is -2.08. The quantitative estimate of drug-likeness (QED) is 0.842. The van der Waals surface area contributed by atoms with Crippen molar-refractivity contribution in [1.29, 1.82) is 0 Å². The van der Waals surface area contributed by atoms with E-state index >= 15 is 0 Å². The first-order chi connectivity index (χ1) is 9.19. The molecule has 0 aliphatic rings. The van der Waals surface area contributed by atoms with E-state index in [0.717, 1.165) is 11.1 Å². The number of amides is 1. The van der Waals surface area contributed by atoms with Gasteiger partial charge in [0.25, 0.3) is 0 Å². The molecule has 2 rings (SSSR count). The van der Waals surface area contributed by atoms with Gasteiger partial charge >= 0.3 is 0 Å². The third kappa shape index (κ3) is 3.77. The number of rotatable bonds is 4. The predicted molar refractivity (Wildman–Crippen MR) is 75.9 cm³/mol. The van der Waals surface area contributed by atoms with Crippen molar-refractivity contribution in [3.8, 4) is 0 Å². The van der Waals surface area contributed by atoms with Crippen LogP contribution in [-0.2, 0) is 17.8 Å². The van der Waals surface area contributed by atoms with Crippen LogP contribution < -0.4 is 11.1 Å². The molecule has 0 unspecified atom stereocenters. The van der Waals surface area contributed by atoms with Gasteiger partial charge in [0.05, 0.1) is 18.3 Å². The highest BCUT2D eigenvalue weighted by molar-refractivity contribution is 6.29. The van der Waals surface area contributed by atoms with E-state index < -0.39 is 0 Å². The summed E-state index contributed by atoms with van der Waals surface area (Å²) in [6, 6.07) is 11.0. The number of carbonyl (C=O) groups excluding carboxylic acids is 1. The average molecular weight is 276 g/mol. The minimum absolute atomic E-state index is 0.106. The molecule has 2 aromatic rings. The molecule has 0 radical (unpaired) electrons. The smallest absolute Gasteiger partial charge is 0.228 e. The summed E-state index contributed by atoms with van der Waals surface area (Å²) in [7, 11) is 0. The van der Waals surface area contributed by atoms with Gasteiger partial charge in [-0.3, -0.25) is 4.79 Å². The van der Waals surface area contributed by atoms with Crippen LogP contribution in [0.5, 0.6) is 0 Å². The minimum atomic E-state index is -0.106. The zero-order chi connectivity index (χ0) is 13.7. The summed E-state index contributed by atoms with van der Waals surface area (Å²) in [6.45, 7) is 0.423. The topological polar surface area (TPSA) is 68.0 Å². The lowest BCUT2D eigenvalue weighted by Crippen LogP contribution is -2.16. The van der Waals surface area contributed by atoms with Crippen LogP contribution in [0.1, 0.15) is 11.1 Å². The average Bonchev–Trinajstić information content (AvgIpc) is 2.42. The summed E-state index contributed by atoms with van der Waals surface area (Å²) in [5, 5.41) is 3.16. The number of hydrogen-bond donors (Lipinski definition) is 2. The van der Waals surface area contributed by atoms with Gasteiger partial charge in [-0.15, -0.1) is 0 Å². The molecule has 4 nitrogen and oxygen atoms in total. The van der Waals surface area contributed by atoms with Crippen LogP contribution in [0, 0.1) is 0 Å². The van der Waals surface area contributed by atoms with E-state index in [1.165, 1.54) is 6.20 Å². The predicted octanol–water partition coefficient (Wildman–Crippen LogP) is 2.37. The number of carbonyl (C=O) groups is 1. The highest BCUT2D eigenvalue weighted by Crippen LogP contribution is 2.12. The monoisotopic (exact) mass is 275 g/mol. The summed E-state index contributed by atoms with van der Waals surface area (Å²) in [6.07, 6.45) is 1.81. The van der Waals surface area contributed by atoms with Crippen molar-refractivity contribution in [3.63, 3.8) is 0 Å². The number of anilines is 1. The summed E-state index contributed by atoms with van der Waals surface area (Å²) < 4.78 is 0. The van der Waals surface area contributed by atoms with Crippen molar-refractivity contribution < 1.29 is 4.79 Å². The fourth-order valence-electron chi connectivity index (χ4n) is 1.76. The van der Waals surface area contributed by atoms with E-state index in [1.807, 2.05) is 24.3 Å². The van der Waals surface area contributed by atoms with Gasteiger partial charge in [0.1, 0.15) is 5.15 Å². The second-order valence-corrected chi connectivity index (χ2v) is 4.45. The van der Waals surface area contributed by atoms with Gasteiger partial charge in [-0.25, -0.2) is 4.98 Å². The van der Waals surface area contributed by atoms with Gasteiger partial charge in [0, 0.05) is 6.54 Å². The summed E-state index contributed by atoms with van der Waals surface area (Å²) in [5.41, 5.74) is 8.18. The second kappa shape index (κ2) is 6.31. The molecule has 0 aliphatic heterocycles. The molecular formula is C14H14ClN3O. The van der Waals surface area contributed by atoms with Crippen LogP contribution >= 0.6 is 11.6 Å². The SMILES string of the molecule is NCc1ccccc1CC(=O)Nc1ccc(Cl)nc1. The maximum atomic E-state index is 11.9. The van der Waals surface area contributed by atoms with Gasteiger partial charge in [0.2, 0.25) is 5.91 Å². The molecule has 1 aromatic carbocycles. The highest BCUT2D eigenvalue weighted by Gasteiger charge is 2.07. The van der Waals surface area contributed by atoms with Crippen LogP contribution in [0.15, 0.2) is 42.6 Å². The second-order valence-electron chi connectivity index (χ2n) is 4.07. The van der Waals surface area contributed by atoms with Crippen molar-refractivity contribution in [2.75, 3.05) is 5.32 Å². The molecule has 1 heterocycles. The molecule has 0 saturated heterocycles. The molecule has 0 atom stereocenters. The Labute approximate surface area is 116 Å². The van der Waals surface area contributed by atoms with Crippen molar-refractivity contribution >= 4 is 23.2 Å². The molecule has 1 amide bonds. The largest absolute Gasteiger partial charge is 0.326 e. The normalized spacial score (nSPS) is 10.2. The fourth-order valence-corrected chi connectivity index (χ4v) is 1.87. The molecule has 0 spiro atoms. The molecule has 3 N–H and O–H groups in total. The Kier molecular flexibility index (Phi) is 4.49. The number of nitrogens with one attached hydrogen (secondary N) is 1. The van der Waals surface area contributed by atoms with Crippen LogP contribution in [-0.4, -0.2) is 10.9 Å². The lowest BCUT2D eigenvalue weighted by molar-refractivity contribution is -0.115. The van der Waals surface area contributed by atoms with Crippen LogP contribution in [0.3, 0.4) is 0 Å². The maximum Gasteiger partial charge on any atom is 0.228 e. The number of halogens is 1. The first-order valence-corrected chi connectivity index (χ1v) is 6.25. The number of aromatic nitrogens is 1.